The molecule has 0 bridgehead atoms. The maximum Gasteiger partial charge on any atom is 0.237 e. The van der Waals surface area contributed by atoms with E-state index in [-0.39, 0.29) is 38.3 Å². The van der Waals surface area contributed by atoms with Gasteiger partial charge < -0.3 is 0 Å². The van der Waals surface area contributed by atoms with E-state index in [0.717, 1.165) is 0 Å². The predicted octanol–water partition coefficient (Wildman–Crippen LogP) is 4.42. The molecular weight excluding hydrogens is 445 g/mol. The van der Waals surface area contributed by atoms with Crippen LogP contribution in [0.15, 0.2) is 18.2 Å². The van der Waals surface area contributed by atoms with Gasteiger partial charge in [0.2, 0.25) is 11.8 Å². The second-order valence-corrected chi connectivity index (χ2v) is 8.44. The van der Waals surface area contributed by atoms with Crippen molar-refractivity contribution < 1.29 is 9.59 Å². The number of alkyl halides is 2. The van der Waals surface area contributed by atoms with E-state index in [0.29, 0.717) is 23.6 Å². The highest BCUT2D eigenvalue weighted by Crippen LogP contribution is 2.46. The van der Waals surface area contributed by atoms with Crippen LogP contribution < -0.4 is 4.90 Å². The molecule has 3 rings (SSSR count). The Morgan fingerprint density at radius 1 is 1.00 bits per heavy atom. The van der Waals surface area contributed by atoms with Crippen LogP contribution in [-0.4, -0.2) is 21.5 Å². The highest BCUT2D eigenvalue weighted by atomic mass is 79.9. The van der Waals surface area contributed by atoms with Gasteiger partial charge in [0.15, 0.2) is 0 Å². The molecule has 7 heteroatoms. The SMILES string of the molecule is O=C1[C@@H]2C[C@H](Br)[C@@H](Br)C[C@H]2C(=O)N1c1cccc(Cl)c1Cl. The van der Waals surface area contributed by atoms with Crippen LogP contribution in [0.2, 0.25) is 10.0 Å². The predicted molar refractivity (Wildman–Crippen MR) is 90.6 cm³/mol. The molecular formula is C14H11Br2Cl2NO2. The summed E-state index contributed by atoms with van der Waals surface area (Å²) in [4.78, 5) is 26.8. The van der Waals surface area contributed by atoms with Crippen molar-refractivity contribution in [1.82, 2.24) is 0 Å². The monoisotopic (exact) mass is 453 g/mol. The molecule has 1 saturated heterocycles. The van der Waals surface area contributed by atoms with Crippen LogP contribution in [0.4, 0.5) is 5.69 Å². The molecule has 0 N–H and O–H groups in total. The molecule has 1 aliphatic heterocycles. The number of anilines is 1. The van der Waals surface area contributed by atoms with Crippen LogP contribution in [0.5, 0.6) is 0 Å². The molecule has 0 radical (unpaired) electrons. The number of rotatable bonds is 1. The summed E-state index contributed by atoms with van der Waals surface area (Å²) < 4.78 is 0. The summed E-state index contributed by atoms with van der Waals surface area (Å²) in [5, 5.41) is 0.576. The minimum absolute atomic E-state index is 0.182. The molecule has 1 heterocycles. The second kappa shape index (κ2) is 5.84. The van der Waals surface area contributed by atoms with Crippen LogP contribution in [0.1, 0.15) is 12.8 Å². The lowest BCUT2D eigenvalue weighted by Crippen LogP contribution is -2.34. The molecule has 0 spiro atoms. The van der Waals surface area contributed by atoms with Crippen molar-refractivity contribution >= 4 is 72.6 Å². The van der Waals surface area contributed by atoms with Gasteiger partial charge in [0.1, 0.15) is 0 Å². The highest BCUT2D eigenvalue weighted by Gasteiger charge is 2.52. The van der Waals surface area contributed by atoms with Gasteiger partial charge in [-0.05, 0) is 25.0 Å². The molecule has 1 saturated carbocycles. The third-order valence-electron chi connectivity index (χ3n) is 4.08. The Labute approximate surface area is 149 Å². The molecule has 1 aromatic rings. The van der Waals surface area contributed by atoms with Crippen molar-refractivity contribution in [3.05, 3.63) is 28.2 Å². The lowest BCUT2D eigenvalue weighted by Gasteiger charge is -2.29. The Morgan fingerprint density at radius 3 is 2.05 bits per heavy atom. The van der Waals surface area contributed by atoms with E-state index in [1.807, 2.05) is 0 Å². The molecule has 1 aliphatic carbocycles. The van der Waals surface area contributed by atoms with Crippen molar-refractivity contribution in [3.8, 4) is 0 Å². The largest absolute Gasteiger partial charge is 0.274 e. The summed E-state index contributed by atoms with van der Waals surface area (Å²) in [6.07, 6.45) is 1.28. The van der Waals surface area contributed by atoms with Gasteiger partial charge in [-0.2, -0.15) is 0 Å². The summed E-state index contributed by atoms with van der Waals surface area (Å²) in [7, 11) is 0. The maximum atomic E-state index is 12.6. The van der Waals surface area contributed by atoms with Gasteiger partial charge in [0, 0.05) is 9.65 Å². The molecule has 2 fully saturated rings. The first-order valence-electron chi connectivity index (χ1n) is 6.51. The van der Waals surface area contributed by atoms with Gasteiger partial charge in [-0.15, -0.1) is 0 Å². The average molecular weight is 456 g/mol. The van der Waals surface area contributed by atoms with Crippen molar-refractivity contribution in [2.75, 3.05) is 4.90 Å². The number of benzene rings is 1. The fourth-order valence-electron chi connectivity index (χ4n) is 3.00. The number of hydrogen-bond acceptors (Lipinski definition) is 2. The molecule has 2 amide bonds. The number of amides is 2. The summed E-state index contributed by atoms with van der Waals surface area (Å²) in [5.41, 5.74) is 0.380. The molecule has 0 unspecified atom stereocenters. The molecule has 3 nitrogen and oxygen atoms in total. The molecule has 2 aliphatic rings. The Bertz CT molecular complexity index is 597. The smallest absolute Gasteiger partial charge is 0.237 e. The van der Waals surface area contributed by atoms with Crippen LogP contribution >= 0.6 is 55.1 Å². The van der Waals surface area contributed by atoms with Crippen LogP contribution in [0, 0.1) is 11.8 Å². The summed E-state index contributed by atoms with van der Waals surface area (Å²) >= 11 is 19.3. The number of halogens is 4. The lowest BCUT2D eigenvalue weighted by atomic mass is 9.81. The van der Waals surface area contributed by atoms with E-state index in [1.54, 1.807) is 18.2 Å². The number of fused-ring (bicyclic) bond motifs is 1. The van der Waals surface area contributed by atoms with Crippen LogP contribution in [0.3, 0.4) is 0 Å². The number of nitrogens with zero attached hydrogens (tertiary/aromatic N) is 1. The van der Waals surface area contributed by atoms with E-state index in [4.69, 9.17) is 23.2 Å². The van der Waals surface area contributed by atoms with E-state index < -0.39 is 0 Å². The highest BCUT2D eigenvalue weighted by molar-refractivity contribution is 9.12. The van der Waals surface area contributed by atoms with E-state index in [9.17, 15) is 9.59 Å². The Kier molecular flexibility index (Phi) is 4.39. The van der Waals surface area contributed by atoms with Gasteiger partial charge in [-0.1, -0.05) is 61.1 Å². The van der Waals surface area contributed by atoms with E-state index in [2.05, 4.69) is 31.9 Å². The first kappa shape index (κ1) is 15.8. The number of carbonyl (C=O) groups excluding carboxylic acids is 2. The Hall–Kier alpha value is -0.100. The summed E-state index contributed by atoms with van der Waals surface area (Å²) in [5.74, 6) is -0.938. The van der Waals surface area contributed by atoms with Crippen molar-refractivity contribution in [2.24, 2.45) is 11.8 Å². The zero-order chi connectivity index (χ0) is 15.3. The zero-order valence-corrected chi connectivity index (χ0v) is 15.4. The second-order valence-electron chi connectivity index (χ2n) is 5.30. The third kappa shape index (κ3) is 2.56. The van der Waals surface area contributed by atoms with Crippen molar-refractivity contribution in [3.63, 3.8) is 0 Å². The molecule has 0 aromatic heterocycles. The molecule has 4 atom stereocenters. The minimum Gasteiger partial charge on any atom is -0.274 e. The Morgan fingerprint density at radius 2 is 1.52 bits per heavy atom. The van der Waals surface area contributed by atoms with Gasteiger partial charge in [-0.25, -0.2) is 4.90 Å². The quantitative estimate of drug-likeness (QED) is 0.464. The zero-order valence-electron chi connectivity index (χ0n) is 10.7. The molecule has 21 heavy (non-hydrogen) atoms. The lowest BCUT2D eigenvalue weighted by molar-refractivity contribution is -0.122. The minimum atomic E-state index is -0.286. The van der Waals surface area contributed by atoms with Gasteiger partial charge in [0.25, 0.3) is 0 Å². The number of carbonyl (C=O) groups is 2. The normalized spacial score (nSPS) is 32.5. The van der Waals surface area contributed by atoms with Crippen LogP contribution in [-0.2, 0) is 9.59 Å². The van der Waals surface area contributed by atoms with Crippen molar-refractivity contribution in [2.45, 2.75) is 22.5 Å². The fraction of sp³-hybridized carbons (Fsp3) is 0.429. The average Bonchev–Trinajstić information content (AvgIpc) is 2.67. The van der Waals surface area contributed by atoms with E-state index >= 15 is 0 Å². The number of imide groups is 1. The van der Waals surface area contributed by atoms with Gasteiger partial charge in [-0.3, -0.25) is 9.59 Å². The first-order valence-corrected chi connectivity index (χ1v) is 9.10. The molecule has 112 valence electrons. The van der Waals surface area contributed by atoms with E-state index in [1.165, 1.54) is 4.90 Å². The standard InChI is InChI=1S/C14H11Br2Cl2NO2/c15-8-4-6-7(5-9(8)16)14(21)19(13(6)20)11-3-1-2-10(17)12(11)18/h1-3,6-9H,4-5H2/t6-,7-,8+,9+/m1/s1. The topological polar surface area (TPSA) is 37.4 Å². The third-order valence-corrected chi connectivity index (χ3v) is 7.63. The van der Waals surface area contributed by atoms with Crippen molar-refractivity contribution in [1.29, 1.82) is 0 Å². The van der Waals surface area contributed by atoms with Gasteiger partial charge in [0.05, 0.1) is 27.6 Å². The Balaban J connectivity index is 2.00. The summed E-state index contributed by atoms with van der Waals surface area (Å²) in [6, 6.07) is 4.97. The fourth-order valence-corrected chi connectivity index (χ4v) is 4.61. The van der Waals surface area contributed by atoms with Crippen LogP contribution in [0.25, 0.3) is 0 Å². The maximum absolute atomic E-state index is 12.6. The molecule has 1 aromatic carbocycles. The first-order chi connectivity index (χ1) is 9.91. The van der Waals surface area contributed by atoms with Gasteiger partial charge >= 0.3 is 0 Å². The number of hydrogen-bond donors (Lipinski definition) is 0. The summed E-state index contributed by atoms with van der Waals surface area (Å²) in [6.45, 7) is 0.